The van der Waals surface area contributed by atoms with Crippen molar-refractivity contribution in [3.05, 3.63) is 66.2 Å². The van der Waals surface area contributed by atoms with Gasteiger partial charge in [0, 0.05) is 0 Å². The van der Waals surface area contributed by atoms with Crippen molar-refractivity contribution in [2.45, 2.75) is 19.6 Å². The molecule has 0 bridgehead atoms. The van der Waals surface area contributed by atoms with E-state index in [1.165, 1.54) is 0 Å². The van der Waals surface area contributed by atoms with Gasteiger partial charge in [0.25, 0.3) is 5.91 Å². The van der Waals surface area contributed by atoms with Gasteiger partial charge in [0.15, 0.2) is 0 Å². The van der Waals surface area contributed by atoms with Crippen LogP contribution in [0, 0.1) is 0 Å². The van der Waals surface area contributed by atoms with Crippen LogP contribution in [0.25, 0.3) is 0 Å². The summed E-state index contributed by atoms with van der Waals surface area (Å²) in [5, 5.41) is 2.47. The number of rotatable bonds is 6. The lowest BCUT2D eigenvalue weighted by atomic mass is 10.2. The highest BCUT2D eigenvalue weighted by atomic mass is 16.5. The maximum Gasteiger partial charge on any atom is 0.408 e. The molecule has 2 rings (SSSR count). The summed E-state index contributed by atoms with van der Waals surface area (Å²) in [6.45, 7) is 1.73. The molecular weight excluding hydrogens is 294 g/mol. The Bertz CT molecular complexity index is 632. The van der Waals surface area contributed by atoms with Crippen LogP contribution in [0.4, 0.5) is 10.5 Å². The van der Waals surface area contributed by atoms with Crippen molar-refractivity contribution < 1.29 is 14.3 Å². The van der Waals surface area contributed by atoms with Crippen LogP contribution in [-0.2, 0) is 16.1 Å². The Labute approximate surface area is 134 Å². The molecule has 0 fully saturated rings. The summed E-state index contributed by atoms with van der Waals surface area (Å²) >= 11 is 0. The molecule has 6 nitrogen and oxygen atoms in total. The minimum absolute atomic E-state index is 0.156. The van der Waals surface area contributed by atoms with E-state index in [4.69, 9.17) is 4.74 Å². The van der Waals surface area contributed by atoms with E-state index in [-0.39, 0.29) is 12.5 Å². The average Bonchev–Trinajstić information content (AvgIpc) is 2.59. The van der Waals surface area contributed by atoms with Gasteiger partial charge in [0.2, 0.25) is 0 Å². The first-order chi connectivity index (χ1) is 11.1. The molecule has 0 spiro atoms. The molecule has 0 aromatic heterocycles. The van der Waals surface area contributed by atoms with Crippen molar-refractivity contribution in [1.82, 2.24) is 10.7 Å². The number of hydrogen-bond acceptors (Lipinski definition) is 4. The third-order valence-electron chi connectivity index (χ3n) is 3.04. The first-order valence-electron chi connectivity index (χ1n) is 7.23. The van der Waals surface area contributed by atoms with Gasteiger partial charge in [0.1, 0.15) is 12.6 Å². The molecule has 0 aliphatic carbocycles. The fourth-order valence-electron chi connectivity index (χ4n) is 1.77. The highest BCUT2D eigenvalue weighted by molar-refractivity contribution is 5.86. The molecule has 0 saturated carbocycles. The lowest BCUT2D eigenvalue weighted by Crippen LogP contribution is -2.46. The minimum Gasteiger partial charge on any atom is -0.445 e. The third kappa shape index (κ3) is 5.70. The topological polar surface area (TPSA) is 79.5 Å². The van der Waals surface area contributed by atoms with Gasteiger partial charge >= 0.3 is 6.09 Å². The molecule has 0 radical (unpaired) electrons. The van der Waals surface area contributed by atoms with Gasteiger partial charge in [-0.3, -0.25) is 15.6 Å². The number of hydrazine groups is 1. The summed E-state index contributed by atoms with van der Waals surface area (Å²) < 4.78 is 5.06. The third-order valence-corrected chi connectivity index (χ3v) is 3.04. The largest absolute Gasteiger partial charge is 0.445 e. The molecule has 3 N–H and O–H groups in total. The number of nitrogens with one attached hydrogen (secondary N) is 3. The zero-order valence-electron chi connectivity index (χ0n) is 12.8. The number of benzene rings is 2. The fourth-order valence-corrected chi connectivity index (χ4v) is 1.77. The number of amides is 2. The van der Waals surface area contributed by atoms with Crippen LogP contribution >= 0.6 is 0 Å². The molecule has 2 aromatic carbocycles. The van der Waals surface area contributed by atoms with Crippen molar-refractivity contribution in [1.29, 1.82) is 0 Å². The summed E-state index contributed by atoms with van der Waals surface area (Å²) in [5.41, 5.74) is 6.91. The van der Waals surface area contributed by atoms with Crippen molar-refractivity contribution in [2.75, 3.05) is 5.43 Å². The minimum atomic E-state index is -0.727. The molecule has 120 valence electrons. The van der Waals surface area contributed by atoms with E-state index >= 15 is 0 Å². The van der Waals surface area contributed by atoms with E-state index in [1.54, 1.807) is 6.92 Å². The van der Waals surface area contributed by atoms with Crippen molar-refractivity contribution >= 4 is 17.7 Å². The van der Waals surface area contributed by atoms with Crippen LogP contribution in [0.1, 0.15) is 12.5 Å². The highest BCUT2D eigenvalue weighted by Gasteiger charge is 2.16. The van der Waals surface area contributed by atoms with Gasteiger partial charge < -0.3 is 10.1 Å². The second-order valence-electron chi connectivity index (χ2n) is 4.91. The fraction of sp³-hybridized carbons (Fsp3) is 0.176. The molecule has 6 heteroatoms. The zero-order chi connectivity index (χ0) is 16.5. The SMILES string of the molecule is C[C@H](NC(=O)OCc1ccccc1)C(=O)NNc1ccccc1. The normalized spacial score (nSPS) is 11.2. The Hall–Kier alpha value is -3.02. The predicted molar refractivity (Wildman–Crippen MR) is 87.4 cm³/mol. The summed E-state index contributed by atoms with van der Waals surface area (Å²) in [6.07, 6.45) is -0.642. The molecular formula is C17H19N3O3. The lowest BCUT2D eigenvalue weighted by molar-refractivity contribution is -0.122. The zero-order valence-corrected chi connectivity index (χ0v) is 12.8. The van der Waals surface area contributed by atoms with Crippen LogP contribution in [0.15, 0.2) is 60.7 Å². The van der Waals surface area contributed by atoms with Crippen LogP contribution < -0.4 is 16.2 Å². The molecule has 2 amide bonds. The highest BCUT2D eigenvalue weighted by Crippen LogP contribution is 2.03. The van der Waals surface area contributed by atoms with Crippen LogP contribution in [-0.4, -0.2) is 18.0 Å². The Morgan fingerprint density at radius 2 is 1.61 bits per heavy atom. The summed E-state index contributed by atoms with van der Waals surface area (Å²) in [7, 11) is 0. The average molecular weight is 313 g/mol. The maximum absolute atomic E-state index is 11.9. The number of anilines is 1. The predicted octanol–water partition coefficient (Wildman–Crippen LogP) is 2.44. The molecule has 0 aliphatic heterocycles. The molecule has 0 aliphatic rings. The standard InChI is InChI=1S/C17H19N3O3/c1-13(16(21)20-19-15-10-6-3-7-11-15)18-17(22)23-12-14-8-4-2-5-9-14/h2-11,13,19H,12H2,1H3,(H,18,22)(H,20,21)/t13-/m0/s1. The number of carbonyl (C=O) groups is 2. The monoisotopic (exact) mass is 313 g/mol. The lowest BCUT2D eigenvalue weighted by Gasteiger charge is -2.15. The smallest absolute Gasteiger partial charge is 0.408 e. The Morgan fingerprint density at radius 1 is 1.00 bits per heavy atom. The van der Waals surface area contributed by atoms with Crippen molar-refractivity contribution in [3.8, 4) is 0 Å². The van der Waals surface area contributed by atoms with Crippen molar-refractivity contribution in [3.63, 3.8) is 0 Å². The van der Waals surface area contributed by atoms with Crippen LogP contribution in [0.2, 0.25) is 0 Å². The van der Waals surface area contributed by atoms with Gasteiger partial charge in [0.05, 0.1) is 5.69 Å². The van der Waals surface area contributed by atoms with Crippen molar-refractivity contribution in [2.24, 2.45) is 0 Å². The number of alkyl carbamates (subject to hydrolysis) is 1. The van der Waals surface area contributed by atoms with Gasteiger partial charge in [-0.2, -0.15) is 0 Å². The summed E-state index contributed by atoms with van der Waals surface area (Å²) in [6, 6.07) is 17.8. The quantitative estimate of drug-likeness (QED) is 0.716. The second-order valence-corrected chi connectivity index (χ2v) is 4.91. The number of carbonyl (C=O) groups excluding carboxylic acids is 2. The first-order valence-corrected chi connectivity index (χ1v) is 7.23. The Balaban J connectivity index is 1.71. The second kappa shape index (κ2) is 8.43. The first kappa shape index (κ1) is 16.4. The summed E-state index contributed by atoms with van der Waals surface area (Å²) in [5.74, 6) is -0.370. The van der Waals surface area contributed by atoms with Gasteiger partial charge in [-0.25, -0.2) is 4.79 Å². The number of para-hydroxylation sites is 1. The Kier molecular flexibility index (Phi) is 5.99. The molecule has 0 saturated heterocycles. The van der Waals surface area contributed by atoms with Gasteiger partial charge in [-0.15, -0.1) is 0 Å². The van der Waals surface area contributed by atoms with E-state index in [1.807, 2.05) is 60.7 Å². The maximum atomic E-state index is 11.9. The van der Waals surface area contributed by atoms with E-state index in [0.29, 0.717) is 0 Å². The summed E-state index contributed by atoms with van der Waals surface area (Å²) in [4.78, 5) is 23.6. The molecule has 23 heavy (non-hydrogen) atoms. The van der Waals surface area contributed by atoms with E-state index in [2.05, 4.69) is 16.2 Å². The van der Waals surface area contributed by atoms with Crippen LogP contribution in [0.3, 0.4) is 0 Å². The molecule has 0 unspecified atom stereocenters. The van der Waals surface area contributed by atoms with Crippen LogP contribution in [0.5, 0.6) is 0 Å². The van der Waals surface area contributed by atoms with Gasteiger partial charge in [-0.1, -0.05) is 48.5 Å². The molecule has 2 aromatic rings. The number of hydrogen-bond donors (Lipinski definition) is 3. The van der Waals surface area contributed by atoms with E-state index in [9.17, 15) is 9.59 Å². The molecule has 1 atom stereocenters. The van der Waals surface area contributed by atoms with E-state index in [0.717, 1.165) is 11.3 Å². The number of ether oxygens (including phenoxy) is 1. The van der Waals surface area contributed by atoms with Gasteiger partial charge in [-0.05, 0) is 24.6 Å². The molecule has 0 heterocycles. The Morgan fingerprint density at radius 3 is 2.26 bits per heavy atom. The van der Waals surface area contributed by atoms with E-state index < -0.39 is 12.1 Å².